The summed E-state index contributed by atoms with van der Waals surface area (Å²) >= 11 is 0. The van der Waals surface area contributed by atoms with E-state index >= 15 is 0 Å². The van der Waals surface area contributed by atoms with Gasteiger partial charge in [-0.2, -0.15) is 0 Å². The second kappa shape index (κ2) is 69.1. The molecule has 0 aromatic carbocycles. The monoisotopic (exact) mass is 1090 g/mol. The summed E-state index contributed by atoms with van der Waals surface area (Å²) in [6.07, 6.45) is 106. The summed E-state index contributed by atoms with van der Waals surface area (Å²) in [5.74, 6) is -0.0807. The molecular formula is C75H131NO3. The van der Waals surface area contributed by atoms with Gasteiger partial charge in [0.1, 0.15) is 0 Å². The van der Waals surface area contributed by atoms with Crippen molar-refractivity contribution >= 4 is 5.91 Å². The highest BCUT2D eigenvalue weighted by atomic mass is 16.3. The highest BCUT2D eigenvalue weighted by Crippen LogP contribution is 2.17. The van der Waals surface area contributed by atoms with Crippen molar-refractivity contribution in [1.29, 1.82) is 0 Å². The first kappa shape index (κ1) is 75.8. The minimum absolute atomic E-state index is 0.0807. The predicted octanol–water partition coefficient (Wildman–Crippen LogP) is 23.5. The molecule has 0 aromatic heterocycles. The van der Waals surface area contributed by atoms with E-state index in [0.29, 0.717) is 6.42 Å². The van der Waals surface area contributed by atoms with Crippen molar-refractivity contribution in [2.24, 2.45) is 0 Å². The number of aliphatic hydroxyl groups excluding tert-OH is 2. The van der Waals surface area contributed by atoms with Crippen LogP contribution in [0, 0.1) is 0 Å². The van der Waals surface area contributed by atoms with Crippen LogP contribution in [0.15, 0.2) is 122 Å². The maximum Gasteiger partial charge on any atom is 0.220 e. The van der Waals surface area contributed by atoms with Crippen molar-refractivity contribution in [2.45, 2.75) is 341 Å². The van der Waals surface area contributed by atoms with E-state index in [0.717, 1.165) is 83.5 Å². The second-order valence-corrected chi connectivity index (χ2v) is 22.8. The molecule has 0 saturated heterocycles. The maximum atomic E-state index is 12.5. The fraction of sp³-hybridized carbons (Fsp3) is 0.720. The van der Waals surface area contributed by atoms with Crippen LogP contribution in [-0.2, 0) is 4.79 Å². The van der Waals surface area contributed by atoms with Gasteiger partial charge in [-0.25, -0.2) is 0 Å². The van der Waals surface area contributed by atoms with Crippen molar-refractivity contribution < 1.29 is 15.0 Å². The molecule has 0 rings (SSSR count). The van der Waals surface area contributed by atoms with Crippen LogP contribution in [0.1, 0.15) is 328 Å². The van der Waals surface area contributed by atoms with E-state index in [-0.39, 0.29) is 12.5 Å². The molecule has 0 fully saturated rings. The number of allylic oxidation sites excluding steroid dienone is 19. The largest absolute Gasteiger partial charge is 0.394 e. The summed E-state index contributed by atoms with van der Waals surface area (Å²) < 4.78 is 0. The van der Waals surface area contributed by atoms with E-state index in [9.17, 15) is 15.0 Å². The normalized spacial score (nSPS) is 13.5. The van der Waals surface area contributed by atoms with Gasteiger partial charge >= 0.3 is 0 Å². The van der Waals surface area contributed by atoms with E-state index in [1.54, 1.807) is 6.08 Å². The quantitative estimate of drug-likeness (QED) is 0.0420. The number of hydrogen-bond donors (Lipinski definition) is 3. The summed E-state index contributed by atoms with van der Waals surface area (Å²) in [6.45, 7) is 4.20. The van der Waals surface area contributed by atoms with Crippen molar-refractivity contribution in [3.8, 4) is 0 Å². The number of amides is 1. The lowest BCUT2D eigenvalue weighted by Gasteiger charge is -2.19. The summed E-state index contributed by atoms with van der Waals surface area (Å²) in [7, 11) is 0. The Hall–Kier alpha value is -3.21. The van der Waals surface area contributed by atoms with Gasteiger partial charge in [-0.3, -0.25) is 4.79 Å². The molecule has 4 heteroatoms. The van der Waals surface area contributed by atoms with Crippen LogP contribution in [0.3, 0.4) is 0 Å². The number of hydrogen-bond acceptors (Lipinski definition) is 3. The molecule has 3 N–H and O–H groups in total. The highest BCUT2D eigenvalue weighted by molar-refractivity contribution is 5.76. The smallest absolute Gasteiger partial charge is 0.220 e. The first-order valence-electron chi connectivity index (χ1n) is 34.2. The number of rotatable bonds is 62. The standard InChI is InChI=1S/C75H131NO3/c1-3-5-7-9-11-13-15-17-19-21-23-25-27-29-31-33-35-37-38-39-41-43-45-47-49-51-53-55-57-59-61-63-65-67-69-71-75(79)76-73(72-77)74(78)70-68-66-64-62-60-58-56-54-52-50-48-46-44-42-40-36-34-32-30-28-26-24-22-20-18-16-14-12-10-8-6-4-2/h5,7,11,13,17,19,23,25,29,31,35,37,39,41,52,54,60,62,68,70,73-74,77-78H,3-4,6,8-10,12,14-16,18,20-22,24,26-28,30,32-34,36,38,40,42-51,53,55-59,61,63-67,69,71-72H2,1-2H3,(H,76,79)/b7-5-,13-11-,19-17-,25-23-,31-29-,37-35-,41-39-,54-52+,62-60+,70-68+. The van der Waals surface area contributed by atoms with Crippen molar-refractivity contribution in [2.75, 3.05) is 6.61 Å². The number of aliphatic hydroxyl groups is 2. The molecule has 0 bridgehead atoms. The van der Waals surface area contributed by atoms with Crippen LogP contribution in [0.2, 0.25) is 0 Å². The zero-order valence-electron chi connectivity index (χ0n) is 52.4. The average Bonchev–Trinajstić information content (AvgIpc) is 3.45. The molecule has 0 spiro atoms. The third-order valence-corrected chi connectivity index (χ3v) is 15.2. The topological polar surface area (TPSA) is 69.6 Å². The lowest BCUT2D eigenvalue weighted by atomic mass is 10.0. The lowest BCUT2D eigenvalue weighted by Crippen LogP contribution is -2.45. The van der Waals surface area contributed by atoms with Gasteiger partial charge in [-0.15, -0.1) is 0 Å². The Morgan fingerprint density at radius 1 is 0.316 bits per heavy atom. The molecule has 0 aliphatic heterocycles. The SMILES string of the molecule is CC/C=C\C/C=C\C/C=C\C/C=C\C/C=C\C/C=C\C/C=C\CCCCCCCCCCCCCCCC(=O)NC(CO)C(O)/C=C/CC/C=C/CC/C=C/CCCCCCCCCCCCCCCCCCCCCCCC. The van der Waals surface area contributed by atoms with Crippen LogP contribution in [0.4, 0.5) is 0 Å². The third-order valence-electron chi connectivity index (χ3n) is 15.2. The molecule has 2 atom stereocenters. The van der Waals surface area contributed by atoms with Crippen molar-refractivity contribution in [3.05, 3.63) is 122 Å². The summed E-state index contributed by atoms with van der Waals surface area (Å²) in [5.41, 5.74) is 0. The van der Waals surface area contributed by atoms with Gasteiger partial charge in [0, 0.05) is 6.42 Å². The Morgan fingerprint density at radius 3 is 0.886 bits per heavy atom. The minimum Gasteiger partial charge on any atom is -0.394 e. The molecule has 0 radical (unpaired) electrons. The Kier molecular flexibility index (Phi) is 66.3. The van der Waals surface area contributed by atoms with E-state index < -0.39 is 12.1 Å². The predicted molar refractivity (Wildman–Crippen MR) is 354 cm³/mol. The fourth-order valence-corrected chi connectivity index (χ4v) is 10.0. The Balaban J connectivity index is 3.56. The van der Waals surface area contributed by atoms with Gasteiger partial charge < -0.3 is 15.5 Å². The van der Waals surface area contributed by atoms with E-state index in [2.05, 4.69) is 129 Å². The van der Waals surface area contributed by atoms with Crippen LogP contribution in [-0.4, -0.2) is 34.9 Å². The van der Waals surface area contributed by atoms with Crippen LogP contribution in [0.5, 0.6) is 0 Å². The van der Waals surface area contributed by atoms with Gasteiger partial charge in [0.2, 0.25) is 5.91 Å². The summed E-state index contributed by atoms with van der Waals surface area (Å²) in [6, 6.07) is -0.656. The Morgan fingerprint density at radius 2 is 0.570 bits per heavy atom. The second-order valence-electron chi connectivity index (χ2n) is 22.8. The zero-order valence-corrected chi connectivity index (χ0v) is 52.4. The Bertz CT molecular complexity index is 1520. The van der Waals surface area contributed by atoms with Gasteiger partial charge in [-0.05, 0) is 103 Å². The molecule has 1 amide bonds. The average molecular weight is 1090 g/mol. The molecule has 79 heavy (non-hydrogen) atoms. The lowest BCUT2D eigenvalue weighted by molar-refractivity contribution is -0.123. The molecule has 0 heterocycles. The number of carbonyl (C=O) groups is 1. The minimum atomic E-state index is -0.880. The van der Waals surface area contributed by atoms with Crippen molar-refractivity contribution in [1.82, 2.24) is 5.32 Å². The van der Waals surface area contributed by atoms with Crippen LogP contribution < -0.4 is 5.32 Å². The van der Waals surface area contributed by atoms with Gasteiger partial charge in [0.25, 0.3) is 0 Å². The van der Waals surface area contributed by atoms with Gasteiger partial charge in [0.05, 0.1) is 18.8 Å². The maximum absolute atomic E-state index is 12.5. The summed E-state index contributed by atoms with van der Waals surface area (Å²) in [5, 5.41) is 23.2. The molecule has 0 aromatic rings. The fourth-order valence-electron chi connectivity index (χ4n) is 10.0. The van der Waals surface area contributed by atoms with Crippen LogP contribution in [0.25, 0.3) is 0 Å². The van der Waals surface area contributed by atoms with E-state index in [1.165, 1.54) is 225 Å². The molecular weight excluding hydrogens is 963 g/mol. The molecule has 0 aliphatic rings. The van der Waals surface area contributed by atoms with Crippen molar-refractivity contribution in [3.63, 3.8) is 0 Å². The first-order valence-corrected chi connectivity index (χ1v) is 34.2. The third kappa shape index (κ3) is 65.5. The number of unbranched alkanes of at least 4 members (excludes halogenated alkanes) is 37. The highest BCUT2D eigenvalue weighted by Gasteiger charge is 2.18. The Labute approximate surface area is 492 Å². The molecule has 0 aliphatic carbocycles. The van der Waals surface area contributed by atoms with Gasteiger partial charge in [-0.1, -0.05) is 341 Å². The van der Waals surface area contributed by atoms with E-state index in [4.69, 9.17) is 0 Å². The molecule has 4 nitrogen and oxygen atoms in total. The van der Waals surface area contributed by atoms with Gasteiger partial charge in [0.15, 0.2) is 0 Å². The van der Waals surface area contributed by atoms with E-state index in [1.807, 2.05) is 6.08 Å². The number of nitrogens with one attached hydrogen (secondary N) is 1. The van der Waals surface area contributed by atoms with Crippen LogP contribution >= 0.6 is 0 Å². The first-order chi connectivity index (χ1) is 39.2. The summed E-state index contributed by atoms with van der Waals surface area (Å²) in [4.78, 5) is 12.5. The molecule has 0 saturated carbocycles. The zero-order chi connectivity index (χ0) is 56.9. The number of carbonyl (C=O) groups excluding carboxylic acids is 1. The molecule has 454 valence electrons. The molecule has 2 unspecified atom stereocenters.